The number of nitrogens with zero attached hydrogens (tertiary/aromatic N) is 1. The van der Waals surface area contributed by atoms with Crippen molar-refractivity contribution >= 4 is 15.9 Å². The first-order valence-electron chi connectivity index (χ1n) is 9.30. The van der Waals surface area contributed by atoms with E-state index in [1.165, 1.54) is 7.11 Å². The number of halogens is 1. The van der Waals surface area contributed by atoms with Crippen LogP contribution in [0.3, 0.4) is 0 Å². The highest BCUT2D eigenvalue weighted by molar-refractivity contribution is 9.10. The van der Waals surface area contributed by atoms with Gasteiger partial charge in [-0.3, -0.25) is 4.98 Å². The van der Waals surface area contributed by atoms with E-state index in [0.717, 1.165) is 5.56 Å². The van der Waals surface area contributed by atoms with Crippen LogP contribution in [0.1, 0.15) is 30.2 Å². The number of nitrogens with two attached hydrogens (primary N) is 1. The van der Waals surface area contributed by atoms with Crippen LogP contribution in [-0.4, -0.2) is 47.2 Å². The second-order valence-corrected chi connectivity index (χ2v) is 7.59. The van der Waals surface area contributed by atoms with Crippen LogP contribution in [0.5, 0.6) is 11.5 Å². The molecule has 3 unspecified atom stereocenters. The standard InChI is InChI=1S/C20H25BrN2O6/c1-26-18-16(19-20(29-28-19,8-5-9-22)15(25)11-24)23-10-14(21)17(18)27-12-13-6-3-2-4-7-13/h2-4,6-7,10,15,19,24-25H,5,8-9,11-12,22H2,1H3. The SMILES string of the molecule is COc1c(C2OOC2(CCCN)C(O)CO)ncc(Br)c1OCc1ccccc1. The molecule has 2 aromatic rings. The molecule has 8 nitrogen and oxygen atoms in total. The minimum Gasteiger partial charge on any atom is -0.491 e. The van der Waals surface area contributed by atoms with E-state index in [0.29, 0.717) is 47.7 Å². The number of hydrogen-bond acceptors (Lipinski definition) is 8. The van der Waals surface area contributed by atoms with Gasteiger partial charge in [-0.2, -0.15) is 0 Å². The molecule has 1 aliphatic heterocycles. The molecular formula is C20H25BrN2O6. The van der Waals surface area contributed by atoms with Crippen LogP contribution < -0.4 is 15.2 Å². The number of pyridine rings is 1. The molecule has 1 fully saturated rings. The predicted molar refractivity (Wildman–Crippen MR) is 108 cm³/mol. The van der Waals surface area contributed by atoms with Gasteiger partial charge in [-0.15, -0.1) is 0 Å². The summed E-state index contributed by atoms with van der Waals surface area (Å²) in [4.78, 5) is 15.1. The Hall–Kier alpha value is -1.75. The fourth-order valence-corrected chi connectivity index (χ4v) is 3.71. The van der Waals surface area contributed by atoms with Crippen molar-refractivity contribution in [1.29, 1.82) is 0 Å². The van der Waals surface area contributed by atoms with E-state index in [9.17, 15) is 10.2 Å². The van der Waals surface area contributed by atoms with Crippen LogP contribution in [0.25, 0.3) is 0 Å². The normalized spacial score (nSPS) is 22.0. The van der Waals surface area contributed by atoms with Crippen molar-refractivity contribution < 1.29 is 29.5 Å². The Labute approximate surface area is 177 Å². The van der Waals surface area contributed by atoms with Gasteiger partial charge in [0.05, 0.1) is 18.2 Å². The number of aliphatic hydroxyl groups is 2. The number of hydrogen-bond donors (Lipinski definition) is 3. The summed E-state index contributed by atoms with van der Waals surface area (Å²) in [7, 11) is 1.51. The van der Waals surface area contributed by atoms with Gasteiger partial charge < -0.3 is 25.4 Å². The molecule has 0 saturated carbocycles. The van der Waals surface area contributed by atoms with Gasteiger partial charge in [-0.1, -0.05) is 30.3 Å². The molecule has 0 radical (unpaired) electrons. The zero-order valence-electron chi connectivity index (χ0n) is 16.1. The zero-order valence-corrected chi connectivity index (χ0v) is 17.7. The number of benzene rings is 1. The molecule has 0 amide bonds. The fourth-order valence-electron chi connectivity index (χ4n) is 3.32. The van der Waals surface area contributed by atoms with Gasteiger partial charge in [0, 0.05) is 6.20 Å². The molecule has 2 heterocycles. The highest BCUT2D eigenvalue weighted by atomic mass is 79.9. The van der Waals surface area contributed by atoms with Gasteiger partial charge in [0.15, 0.2) is 23.2 Å². The lowest BCUT2D eigenvalue weighted by atomic mass is 9.82. The van der Waals surface area contributed by atoms with Crippen LogP contribution in [-0.2, 0) is 16.4 Å². The van der Waals surface area contributed by atoms with Crippen LogP contribution in [0, 0.1) is 0 Å². The van der Waals surface area contributed by atoms with Crippen LogP contribution in [0.2, 0.25) is 0 Å². The number of methoxy groups -OCH3 is 1. The third-order valence-corrected chi connectivity index (χ3v) is 5.47. The first-order chi connectivity index (χ1) is 14.1. The monoisotopic (exact) mass is 468 g/mol. The maximum absolute atomic E-state index is 10.4. The highest BCUT2D eigenvalue weighted by Crippen LogP contribution is 2.52. The Bertz CT molecular complexity index is 809. The average molecular weight is 469 g/mol. The van der Waals surface area contributed by atoms with Crippen molar-refractivity contribution in [2.24, 2.45) is 5.73 Å². The lowest BCUT2D eigenvalue weighted by molar-refractivity contribution is -0.533. The zero-order chi connectivity index (χ0) is 20.9. The highest BCUT2D eigenvalue weighted by Gasteiger charge is 2.58. The summed E-state index contributed by atoms with van der Waals surface area (Å²) in [6, 6.07) is 9.72. The third kappa shape index (κ3) is 4.40. The van der Waals surface area contributed by atoms with Gasteiger partial charge in [-0.25, -0.2) is 9.78 Å². The lowest BCUT2D eigenvalue weighted by Crippen LogP contribution is -2.60. The molecule has 1 aliphatic rings. The quantitative estimate of drug-likeness (QED) is 0.454. The summed E-state index contributed by atoms with van der Waals surface area (Å²) < 4.78 is 12.2. The lowest BCUT2D eigenvalue weighted by Gasteiger charge is -2.49. The average Bonchev–Trinajstić information content (AvgIpc) is 2.73. The van der Waals surface area contributed by atoms with E-state index in [1.54, 1.807) is 6.20 Å². The third-order valence-electron chi connectivity index (χ3n) is 4.90. The summed E-state index contributed by atoms with van der Waals surface area (Å²) in [5, 5.41) is 20.0. The number of aliphatic hydroxyl groups excluding tert-OH is 2. The molecule has 1 aromatic carbocycles. The van der Waals surface area contributed by atoms with Crippen molar-refractivity contribution in [3.05, 3.63) is 52.3 Å². The summed E-state index contributed by atoms with van der Waals surface area (Å²) in [5.41, 5.74) is 5.87. The minimum atomic E-state index is -1.17. The molecule has 0 spiro atoms. The molecule has 9 heteroatoms. The van der Waals surface area contributed by atoms with Crippen LogP contribution in [0.4, 0.5) is 0 Å². The second-order valence-electron chi connectivity index (χ2n) is 6.73. The van der Waals surface area contributed by atoms with Gasteiger partial charge in [0.2, 0.25) is 0 Å². The molecule has 0 aliphatic carbocycles. The largest absolute Gasteiger partial charge is 0.491 e. The molecule has 158 valence electrons. The number of rotatable bonds is 10. The van der Waals surface area contributed by atoms with Gasteiger partial charge >= 0.3 is 0 Å². The molecule has 4 N–H and O–H groups in total. The van der Waals surface area contributed by atoms with E-state index in [1.807, 2.05) is 30.3 Å². The Morgan fingerprint density at radius 2 is 2.07 bits per heavy atom. The minimum absolute atomic E-state index is 0.332. The summed E-state index contributed by atoms with van der Waals surface area (Å²) >= 11 is 3.45. The van der Waals surface area contributed by atoms with Crippen molar-refractivity contribution in [2.75, 3.05) is 20.3 Å². The molecule has 1 saturated heterocycles. The van der Waals surface area contributed by atoms with E-state index in [-0.39, 0.29) is 0 Å². The van der Waals surface area contributed by atoms with Crippen molar-refractivity contribution in [3.63, 3.8) is 0 Å². The van der Waals surface area contributed by atoms with Crippen molar-refractivity contribution in [3.8, 4) is 11.5 Å². The molecule has 3 atom stereocenters. The Morgan fingerprint density at radius 3 is 2.66 bits per heavy atom. The van der Waals surface area contributed by atoms with Crippen molar-refractivity contribution in [2.45, 2.75) is 37.3 Å². The topological polar surface area (TPSA) is 116 Å². The predicted octanol–water partition coefficient (Wildman–Crippen LogP) is 2.27. The van der Waals surface area contributed by atoms with Gasteiger partial charge in [0.25, 0.3) is 0 Å². The van der Waals surface area contributed by atoms with E-state index < -0.39 is 24.4 Å². The van der Waals surface area contributed by atoms with Gasteiger partial charge in [0.1, 0.15) is 18.4 Å². The summed E-state index contributed by atoms with van der Waals surface area (Å²) in [5.74, 6) is 0.828. The second kappa shape index (κ2) is 9.84. The maximum atomic E-state index is 10.4. The van der Waals surface area contributed by atoms with E-state index in [4.69, 9.17) is 25.0 Å². The Morgan fingerprint density at radius 1 is 1.31 bits per heavy atom. The summed E-state index contributed by atoms with van der Waals surface area (Å²) in [6.07, 6.45) is 0.623. The van der Waals surface area contributed by atoms with E-state index >= 15 is 0 Å². The smallest absolute Gasteiger partial charge is 0.186 e. The molecule has 0 bridgehead atoms. The fraction of sp³-hybridized carbons (Fsp3) is 0.450. The maximum Gasteiger partial charge on any atom is 0.186 e. The summed E-state index contributed by atoms with van der Waals surface area (Å²) in [6.45, 7) is 0.256. The first kappa shape index (κ1) is 21.9. The van der Waals surface area contributed by atoms with E-state index in [2.05, 4.69) is 20.9 Å². The molecule has 1 aromatic heterocycles. The molecule has 29 heavy (non-hydrogen) atoms. The molecule has 3 rings (SSSR count). The Balaban J connectivity index is 1.92. The van der Waals surface area contributed by atoms with Crippen molar-refractivity contribution in [1.82, 2.24) is 4.98 Å². The van der Waals surface area contributed by atoms with Crippen LogP contribution >= 0.6 is 15.9 Å². The molecular weight excluding hydrogens is 444 g/mol. The van der Waals surface area contributed by atoms with Crippen LogP contribution in [0.15, 0.2) is 41.0 Å². The Kier molecular flexibility index (Phi) is 7.44. The van der Waals surface area contributed by atoms with Gasteiger partial charge in [-0.05, 0) is 40.9 Å². The number of ether oxygens (including phenoxy) is 2. The first-order valence-corrected chi connectivity index (χ1v) is 10.1. The number of aromatic nitrogens is 1.